The lowest BCUT2D eigenvalue weighted by atomic mass is 10.2. The number of likely N-dealkylation sites (N-methyl/N-ethyl adjacent to an activating group) is 4. The summed E-state index contributed by atoms with van der Waals surface area (Å²) in [5.41, 5.74) is 0.216. The number of nitrogens with one attached hydrogen (secondary N) is 3. The second-order valence-corrected chi connectivity index (χ2v) is 22.1. The molecule has 4 N–H and O–H groups in total. The number of phenols is 1. The first-order valence-electron chi connectivity index (χ1n) is 24.1. The van der Waals surface area contributed by atoms with Crippen molar-refractivity contribution in [2.75, 3.05) is 151 Å². The van der Waals surface area contributed by atoms with Gasteiger partial charge in [-0.2, -0.15) is 0 Å². The molecule has 0 saturated carbocycles. The quantitative estimate of drug-likeness (QED) is 0.0347. The topological polar surface area (TPSA) is 321 Å². The molecule has 0 spiro atoms. The normalized spacial score (nSPS) is 15.5. The molecular weight excluding hydrogens is 1230 g/mol. The number of nitrogens with zero attached hydrogens (tertiary/aromatic N) is 11. The molecule has 0 aliphatic carbocycles. The van der Waals surface area contributed by atoms with Gasteiger partial charge in [0.05, 0.1) is 28.1 Å². The van der Waals surface area contributed by atoms with E-state index >= 15 is 0 Å². The molecule has 82 heavy (non-hydrogen) atoms. The van der Waals surface area contributed by atoms with Gasteiger partial charge in [0.25, 0.3) is 11.8 Å². The van der Waals surface area contributed by atoms with Crippen LogP contribution in [0.1, 0.15) is 28.1 Å². The lowest BCUT2D eigenvalue weighted by Gasteiger charge is -2.31. The zero-order valence-corrected chi connectivity index (χ0v) is 49.9. The highest BCUT2D eigenvalue weighted by molar-refractivity contribution is 7.19. The van der Waals surface area contributed by atoms with Crippen molar-refractivity contribution >= 4 is 136 Å². The van der Waals surface area contributed by atoms with Crippen molar-refractivity contribution in [1.29, 1.82) is 0 Å². The molecule has 6 heterocycles. The number of benzene rings is 2. The van der Waals surface area contributed by atoms with E-state index in [2.05, 4.69) is 62.0 Å². The second-order valence-electron chi connectivity index (χ2n) is 17.2. The monoisotopic (exact) mass is 1290 g/mol. The Morgan fingerprint density at radius 2 is 1.00 bits per heavy atom. The summed E-state index contributed by atoms with van der Waals surface area (Å²) in [6.45, 7) is 14.1. The van der Waals surface area contributed by atoms with Crippen LogP contribution < -0.4 is 20.7 Å². The number of hydrogen-bond donors (Lipinski definition) is 4. The molecule has 4 aliphatic rings. The summed E-state index contributed by atoms with van der Waals surface area (Å²) in [5.74, 6) is -1.19. The summed E-state index contributed by atoms with van der Waals surface area (Å²) in [6.07, 6.45) is 0.577. The van der Waals surface area contributed by atoms with Crippen LogP contribution in [0.15, 0.2) is 60.9 Å². The van der Waals surface area contributed by atoms with Crippen LogP contribution in [-0.4, -0.2) is 238 Å². The van der Waals surface area contributed by atoms with Gasteiger partial charge >= 0.3 is 37.0 Å². The minimum Gasteiger partial charge on any atom is -0.507 e. The standard InChI is InChI=1S/C16H17N5O5S.C10H7N3O4S.2C6H11ClN2O.C5H12N2.C3H3Cl3O3.CH4/c1-19-6-8-20(9-7-19)16(23)26-12-5-3-2-4-11(12)14(22)18-15-17-10-13(27-15)21(24)25;14-7-4-2-1-3-6(7)9(15)12-10-11-5-8(18-10)13(16)17;2*1-8-2-4-9(5-3-8)6(7)10;1-7-4-2-6-3-5-7;1-8-2(7)9-3(4,5)6;/h2-5,10H,6-9H2,1H3,(H,17,18,22);1-5,14H,(H,11,12,15);2*2-5H2,1H3;6H,2-5H2,1H3;1H3;1H4. The molecule has 0 atom stereocenters. The number of carbonyl (C=O) groups is 6. The smallest absolute Gasteiger partial charge is 0.507 e. The Hall–Kier alpha value is -6.03. The van der Waals surface area contributed by atoms with Crippen molar-refractivity contribution in [2.24, 2.45) is 0 Å². The third kappa shape index (κ3) is 27.8. The van der Waals surface area contributed by atoms with E-state index in [0.29, 0.717) is 13.1 Å². The Kier molecular flexibility index (Phi) is 32.7. The van der Waals surface area contributed by atoms with Gasteiger partial charge in [-0.05, 0) is 133 Å². The number of piperazine rings is 4. The Balaban J connectivity index is 0.000000361. The number of aromatic hydroxyl groups is 1. The van der Waals surface area contributed by atoms with E-state index in [-0.39, 0.29) is 61.1 Å². The number of carbonyl (C=O) groups excluding carboxylic acids is 6. The highest BCUT2D eigenvalue weighted by Crippen LogP contribution is 2.29. The zero-order chi connectivity index (χ0) is 60.2. The van der Waals surface area contributed by atoms with Gasteiger partial charge in [-0.25, -0.2) is 19.6 Å². The Bertz CT molecular complexity index is 2650. The zero-order valence-electron chi connectivity index (χ0n) is 44.5. The van der Waals surface area contributed by atoms with Crippen LogP contribution in [0.3, 0.4) is 0 Å². The highest BCUT2D eigenvalue weighted by atomic mass is 35.6. The van der Waals surface area contributed by atoms with Crippen LogP contribution >= 0.6 is 80.7 Å². The number of methoxy groups -OCH3 is 1. The van der Waals surface area contributed by atoms with Crippen LogP contribution in [-0.2, 0) is 9.47 Å². The third-order valence-corrected chi connectivity index (χ3v) is 13.7. The average Bonchev–Trinajstić information content (AvgIpc) is 4.22. The number of phenolic OH excluding ortho intramolecular Hbond substituents is 1. The van der Waals surface area contributed by atoms with E-state index in [1.807, 2.05) is 21.1 Å². The van der Waals surface area contributed by atoms with Crippen LogP contribution in [0.2, 0.25) is 0 Å². The van der Waals surface area contributed by atoms with E-state index in [0.717, 1.165) is 121 Å². The summed E-state index contributed by atoms with van der Waals surface area (Å²) in [4.78, 5) is 109. The molecule has 4 fully saturated rings. The molecule has 0 unspecified atom stereocenters. The molecule has 8 rings (SSSR count). The van der Waals surface area contributed by atoms with E-state index < -0.39 is 37.9 Å². The number of anilines is 2. The number of rotatable bonds is 7. The van der Waals surface area contributed by atoms with Crippen LogP contribution in [0.5, 0.6) is 11.5 Å². The number of halogens is 5. The molecule has 2 aromatic carbocycles. The molecule has 0 radical (unpaired) electrons. The van der Waals surface area contributed by atoms with Gasteiger partial charge in [0.2, 0.25) is 0 Å². The third-order valence-electron chi connectivity index (χ3n) is 11.2. The SMILES string of the molecule is C.CN1CCN(C(=O)Cl)CC1.CN1CCN(C(=O)Cl)CC1.CN1CCN(C(=O)Oc2ccccc2C(=O)Nc2ncc([N+](=O)[O-])s2)CC1.CN1CCNCC1.COC(=O)OC(Cl)(Cl)Cl.O=C(Nc1ncc([N+](=O)[O-])s1)c1ccccc1O. The van der Waals surface area contributed by atoms with Gasteiger partial charge in [-0.1, -0.05) is 31.7 Å². The van der Waals surface area contributed by atoms with E-state index in [9.17, 15) is 54.1 Å². The molecule has 4 aromatic rings. The van der Waals surface area contributed by atoms with E-state index in [1.165, 1.54) is 37.4 Å². The first kappa shape index (κ1) is 72.1. The molecule has 35 heteroatoms. The van der Waals surface area contributed by atoms with Crippen LogP contribution in [0.4, 0.5) is 39.4 Å². The predicted molar refractivity (Wildman–Crippen MR) is 315 cm³/mol. The molecule has 454 valence electrons. The van der Waals surface area contributed by atoms with Crippen molar-refractivity contribution < 1.29 is 57.9 Å². The summed E-state index contributed by atoms with van der Waals surface area (Å²) < 4.78 is 11.4. The predicted octanol–water partition coefficient (Wildman–Crippen LogP) is 7.50. The molecule has 0 bridgehead atoms. The Morgan fingerprint density at radius 1 is 0.622 bits per heavy atom. The van der Waals surface area contributed by atoms with Crippen molar-refractivity contribution in [3.05, 3.63) is 92.3 Å². The summed E-state index contributed by atoms with van der Waals surface area (Å²) in [6, 6.07) is 12.3. The maximum Gasteiger partial charge on any atom is 0.511 e. The second kappa shape index (κ2) is 37.2. The Morgan fingerprint density at radius 3 is 1.34 bits per heavy atom. The van der Waals surface area contributed by atoms with Gasteiger partial charge in [-0.3, -0.25) is 50.0 Å². The van der Waals surface area contributed by atoms with Crippen molar-refractivity contribution in [1.82, 2.24) is 49.6 Å². The lowest BCUT2D eigenvalue weighted by Crippen LogP contribution is -2.48. The largest absolute Gasteiger partial charge is 0.511 e. The van der Waals surface area contributed by atoms with Crippen LogP contribution in [0, 0.1) is 20.2 Å². The summed E-state index contributed by atoms with van der Waals surface area (Å²) in [7, 11) is 9.32. The van der Waals surface area contributed by atoms with Gasteiger partial charge in [-0.15, -0.1) is 0 Å². The van der Waals surface area contributed by atoms with Gasteiger partial charge < -0.3 is 58.9 Å². The number of hydrogen-bond acceptors (Lipinski definition) is 23. The number of aromatic nitrogens is 2. The Labute approximate surface area is 506 Å². The number of alkyl halides is 3. The fourth-order valence-corrected chi connectivity index (χ4v) is 8.36. The van der Waals surface area contributed by atoms with Gasteiger partial charge in [0, 0.05) is 105 Å². The molecule has 5 amide bonds. The van der Waals surface area contributed by atoms with Crippen molar-refractivity contribution in [3.8, 4) is 11.5 Å². The van der Waals surface area contributed by atoms with Crippen molar-refractivity contribution in [3.63, 3.8) is 0 Å². The maximum absolute atomic E-state index is 12.5. The number of thiazole rings is 2. The van der Waals surface area contributed by atoms with Gasteiger partial charge in [0.15, 0.2) is 10.3 Å². The molecule has 28 nitrogen and oxygen atoms in total. The minimum absolute atomic E-state index is 0. The highest BCUT2D eigenvalue weighted by Gasteiger charge is 2.26. The van der Waals surface area contributed by atoms with E-state index in [1.54, 1.807) is 39.0 Å². The molecule has 4 aliphatic heterocycles. The number of nitro groups is 2. The average molecular weight is 1290 g/mol. The maximum atomic E-state index is 12.5. The number of para-hydroxylation sites is 2. The fraction of sp³-hybridized carbons (Fsp3) is 0.489. The van der Waals surface area contributed by atoms with E-state index in [4.69, 9.17) is 62.7 Å². The molecule has 4 saturated heterocycles. The first-order valence-corrected chi connectivity index (χ1v) is 27.6. The number of ether oxygens (including phenoxy) is 3. The number of amides is 5. The summed E-state index contributed by atoms with van der Waals surface area (Å²) in [5, 5.41) is 38.0. The minimum atomic E-state index is -2.03. The summed E-state index contributed by atoms with van der Waals surface area (Å²) >= 11 is 27.1. The molecular formula is C47H65Cl5N14O14S2. The lowest BCUT2D eigenvalue weighted by molar-refractivity contribution is -0.380. The van der Waals surface area contributed by atoms with Crippen LogP contribution in [0.25, 0.3) is 0 Å². The molecule has 2 aromatic heterocycles. The van der Waals surface area contributed by atoms with Crippen molar-refractivity contribution in [2.45, 2.75) is 11.4 Å². The fourth-order valence-electron chi connectivity index (χ4n) is 6.58. The first-order chi connectivity index (χ1) is 38.3. The van der Waals surface area contributed by atoms with Gasteiger partial charge in [0.1, 0.15) is 23.9 Å².